The quantitative estimate of drug-likeness (QED) is 0.552. The summed E-state index contributed by atoms with van der Waals surface area (Å²) >= 11 is 3.48. The van der Waals surface area contributed by atoms with E-state index in [4.69, 9.17) is 0 Å². The van der Waals surface area contributed by atoms with Gasteiger partial charge >= 0.3 is 0 Å². The maximum absolute atomic E-state index is 11.4. The first-order chi connectivity index (χ1) is 6.59. The van der Waals surface area contributed by atoms with E-state index in [1.54, 1.807) is 0 Å². The van der Waals surface area contributed by atoms with Gasteiger partial charge in [0.2, 0.25) is 5.91 Å². The van der Waals surface area contributed by atoms with Crippen LogP contribution in [0.1, 0.15) is 19.3 Å². The molecule has 1 atom stereocenters. The van der Waals surface area contributed by atoms with Crippen LogP contribution in [0.15, 0.2) is 0 Å². The molecule has 0 bridgehead atoms. The third-order valence-corrected chi connectivity index (χ3v) is 3.06. The first-order valence-corrected chi connectivity index (χ1v) is 6.07. The fraction of sp³-hybridized carbons (Fsp3) is 0.900. The zero-order valence-corrected chi connectivity index (χ0v) is 10.6. The van der Waals surface area contributed by atoms with Crippen LogP contribution in [-0.4, -0.2) is 54.3 Å². The van der Waals surface area contributed by atoms with Crippen molar-refractivity contribution in [2.75, 3.05) is 33.7 Å². The molecule has 0 radical (unpaired) electrons. The van der Waals surface area contributed by atoms with Crippen LogP contribution in [0.3, 0.4) is 0 Å². The minimum Gasteiger partial charge on any atom is -0.342 e. The minimum atomic E-state index is 0.303. The Balaban J connectivity index is 2.10. The molecule has 0 saturated carbocycles. The second kappa shape index (κ2) is 5.71. The highest BCUT2D eigenvalue weighted by molar-refractivity contribution is 9.09. The number of carbonyl (C=O) groups excluding carboxylic acids is 1. The molecule has 0 N–H and O–H groups in total. The molecule has 1 amide bonds. The summed E-state index contributed by atoms with van der Waals surface area (Å²) in [5.74, 6) is 0.303. The van der Waals surface area contributed by atoms with Crippen molar-refractivity contribution in [1.29, 1.82) is 0 Å². The molecule has 1 aliphatic rings. The van der Waals surface area contributed by atoms with Crippen molar-refractivity contribution in [3.63, 3.8) is 0 Å². The average Bonchev–Trinajstić information content (AvgIpc) is 2.39. The van der Waals surface area contributed by atoms with Crippen LogP contribution in [0, 0.1) is 0 Å². The second-order valence-corrected chi connectivity index (χ2v) is 5.45. The number of unbranched alkanes of at least 4 members (excludes halogenated alkanes) is 1. The lowest BCUT2D eigenvalue weighted by atomic mass is 10.3. The number of hydrogen-bond donors (Lipinski definition) is 0. The summed E-state index contributed by atoms with van der Waals surface area (Å²) < 4.78 is 0. The molecule has 1 unspecified atom stereocenters. The number of halogens is 1. The van der Waals surface area contributed by atoms with E-state index >= 15 is 0 Å². The van der Waals surface area contributed by atoms with Crippen molar-refractivity contribution in [1.82, 2.24) is 9.80 Å². The fourth-order valence-corrected chi connectivity index (χ4v) is 2.30. The van der Waals surface area contributed by atoms with Gasteiger partial charge in [0.05, 0.1) is 0 Å². The Labute approximate surface area is 94.6 Å². The second-order valence-electron chi connectivity index (χ2n) is 4.15. The lowest BCUT2D eigenvalue weighted by Gasteiger charge is -2.16. The van der Waals surface area contributed by atoms with E-state index in [0.29, 0.717) is 17.2 Å². The van der Waals surface area contributed by atoms with Crippen molar-refractivity contribution in [2.45, 2.75) is 24.1 Å². The van der Waals surface area contributed by atoms with Crippen molar-refractivity contribution in [3.05, 3.63) is 0 Å². The molecule has 0 aromatic heterocycles. The zero-order valence-electron chi connectivity index (χ0n) is 9.00. The van der Waals surface area contributed by atoms with E-state index in [1.165, 1.54) is 6.42 Å². The largest absolute Gasteiger partial charge is 0.342 e. The van der Waals surface area contributed by atoms with Crippen LogP contribution >= 0.6 is 15.9 Å². The summed E-state index contributed by atoms with van der Waals surface area (Å²) in [6.07, 6.45) is 2.96. The van der Waals surface area contributed by atoms with E-state index in [2.05, 4.69) is 34.9 Å². The maximum Gasteiger partial charge on any atom is 0.223 e. The highest BCUT2D eigenvalue weighted by atomic mass is 79.9. The highest BCUT2D eigenvalue weighted by Crippen LogP contribution is 2.18. The van der Waals surface area contributed by atoms with E-state index in [1.807, 2.05) is 4.90 Å². The van der Waals surface area contributed by atoms with E-state index in [-0.39, 0.29) is 0 Å². The summed E-state index contributed by atoms with van der Waals surface area (Å²) in [5.41, 5.74) is 0. The molecule has 0 aliphatic carbocycles. The molecule has 82 valence electrons. The van der Waals surface area contributed by atoms with Gasteiger partial charge in [0, 0.05) is 24.3 Å². The van der Waals surface area contributed by atoms with Crippen LogP contribution in [0.5, 0.6) is 0 Å². The van der Waals surface area contributed by atoms with Crippen molar-refractivity contribution < 1.29 is 4.79 Å². The molecular formula is C10H19BrN2O. The predicted molar refractivity (Wildman–Crippen MR) is 61.7 cm³/mol. The van der Waals surface area contributed by atoms with E-state index < -0.39 is 0 Å². The number of likely N-dealkylation sites (tertiary alicyclic amines) is 1. The number of carbonyl (C=O) groups is 1. The van der Waals surface area contributed by atoms with Gasteiger partial charge in [-0.05, 0) is 33.5 Å². The fourth-order valence-electron chi connectivity index (χ4n) is 1.67. The molecule has 1 heterocycles. The standard InChI is InChI=1S/C10H19BrN2O/c1-12(2)5-3-4-6-13-8-9(11)7-10(13)14/h9H,3-8H2,1-2H3. The monoisotopic (exact) mass is 262 g/mol. The number of rotatable bonds is 5. The Morgan fingerprint density at radius 1 is 1.50 bits per heavy atom. The molecule has 1 fully saturated rings. The van der Waals surface area contributed by atoms with Crippen LogP contribution < -0.4 is 0 Å². The normalized spacial score (nSPS) is 22.4. The first-order valence-electron chi connectivity index (χ1n) is 5.16. The Bertz CT molecular complexity index is 197. The van der Waals surface area contributed by atoms with Gasteiger partial charge in [-0.2, -0.15) is 0 Å². The third-order valence-electron chi connectivity index (χ3n) is 2.45. The van der Waals surface area contributed by atoms with Crippen molar-refractivity contribution in [2.24, 2.45) is 0 Å². The van der Waals surface area contributed by atoms with Crippen molar-refractivity contribution in [3.8, 4) is 0 Å². The van der Waals surface area contributed by atoms with Gasteiger partial charge in [-0.1, -0.05) is 15.9 Å². The lowest BCUT2D eigenvalue weighted by Crippen LogP contribution is -2.27. The Hall–Kier alpha value is -0.0900. The van der Waals surface area contributed by atoms with Crippen LogP contribution in [-0.2, 0) is 4.79 Å². The Morgan fingerprint density at radius 2 is 2.21 bits per heavy atom. The van der Waals surface area contributed by atoms with Gasteiger partial charge in [-0.25, -0.2) is 0 Å². The van der Waals surface area contributed by atoms with Gasteiger partial charge in [0.15, 0.2) is 0 Å². The van der Waals surface area contributed by atoms with Crippen molar-refractivity contribution >= 4 is 21.8 Å². The SMILES string of the molecule is CN(C)CCCCN1CC(Br)CC1=O. The number of amides is 1. The first kappa shape index (κ1) is 12.0. The van der Waals surface area contributed by atoms with Gasteiger partial charge in [-0.3, -0.25) is 4.79 Å². The summed E-state index contributed by atoms with van der Waals surface area (Å²) in [6.45, 7) is 2.93. The number of hydrogen-bond acceptors (Lipinski definition) is 2. The lowest BCUT2D eigenvalue weighted by molar-refractivity contribution is -0.127. The van der Waals surface area contributed by atoms with Gasteiger partial charge < -0.3 is 9.80 Å². The van der Waals surface area contributed by atoms with Crippen LogP contribution in [0.4, 0.5) is 0 Å². The van der Waals surface area contributed by atoms with E-state index in [9.17, 15) is 4.79 Å². The molecule has 1 saturated heterocycles. The van der Waals surface area contributed by atoms with Gasteiger partial charge in [0.25, 0.3) is 0 Å². The molecule has 3 nitrogen and oxygen atoms in total. The third kappa shape index (κ3) is 3.96. The number of nitrogens with zero attached hydrogens (tertiary/aromatic N) is 2. The minimum absolute atomic E-state index is 0.303. The van der Waals surface area contributed by atoms with Gasteiger partial charge in [-0.15, -0.1) is 0 Å². The number of alkyl halides is 1. The summed E-state index contributed by atoms with van der Waals surface area (Å²) in [6, 6.07) is 0. The topological polar surface area (TPSA) is 23.6 Å². The van der Waals surface area contributed by atoms with Crippen LogP contribution in [0.2, 0.25) is 0 Å². The predicted octanol–water partition coefficient (Wildman–Crippen LogP) is 1.32. The van der Waals surface area contributed by atoms with Gasteiger partial charge in [0.1, 0.15) is 0 Å². The van der Waals surface area contributed by atoms with Crippen LogP contribution in [0.25, 0.3) is 0 Å². The molecule has 1 rings (SSSR count). The summed E-state index contributed by atoms with van der Waals surface area (Å²) in [7, 11) is 4.16. The summed E-state index contributed by atoms with van der Waals surface area (Å²) in [4.78, 5) is 15.9. The average molecular weight is 263 g/mol. The summed E-state index contributed by atoms with van der Waals surface area (Å²) in [5, 5.41) is 0. The molecule has 1 aliphatic heterocycles. The van der Waals surface area contributed by atoms with E-state index in [0.717, 1.165) is 26.1 Å². The molecule has 0 aromatic rings. The Kier molecular flexibility index (Phi) is 4.89. The highest BCUT2D eigenvalue weighted by Gasteiger charge is 2.26. The molecular weight excluding hydrogens is 244 g/mol. The molecule has 4 heteroatoms. The molecule has 0 aromatic carbocycles. The Morgan fingerprint density at radius 3 is 2.71 bits per heavy atom. The zero-order chi connectivity index (χ0) is 10.6. The smallest absolute Gasteiger partial charge is 0.223 e. The molecule has 14 heavy (non-hydrogen) atoms. The maximum atomic E-state index is 11.4. The molecule has 0 spiro atoms.